The van der Waals surface area contributed by atoms with Crippen molar-refractivity contribution in [3.63, 3.8) is 0 Å². The predicted molar refractivity (Wildman–Crippen MR) is 135 cm³/mol. The molecule has 4 heterocycles. The van der Waals surface area contributed by atoms with Crippen LogP contribution in [0.2, 0.25) is 0 Å². The molecule has 1 aliphatic heterocycles. The number of fused-ring (bicyclic) bond motifs is 1. The third kappa shape index (κ3) is 4.92. The predicted octanol–water partition coefficient (Wildman–Crippen LogP) is 2.73. The van der Waals surface area contributed by atoms with Crippen molar-refractivity contribution in [2.45, 2.75) is 37.5 Å². The van der Waals surface area contributed by atoms with Crippen LogP contribution in [0, 0.1) is 11.6 Å². The number of nitrogens with zero attached hydrogens (tertiary/aromatic N) is 6. The van der Waals surface area contributed by atoms with E-state index in [1.165, 1.54) is 26.0 Å². The molecule has 14 heteroatoms. The SMILES string of the molecule is COc1cc(F)c(-c2cc(Cn3cnc4c(N)ncnc43)c(N3CCC[C@](N)([C@@H](O)C(F)F)C3)cn2)cc1F. The number of ether oxygens (including phenoxy) is 1. The molecule has 0 saturated carbocycles. The fraction of sp³-hybridized carbons (Fsp3) is 0.360. The number of imidazole rings is 1. The van der Waals surface area contributed by atoms with Crippen molar-refractivity contribution in [1.29, 1.82) is 0 Å². The summed E-state index contributed by atoms with van der Waals surface area (Å²) in [6.45, 7) is 0.523. The van der Waals surface area contributed by atoms with Crippen molar-refractivity contribution < 1.29 is 27.4 Å². The number of alkyl halides is 2. The Hall–Kier alpha value is -4.04. The van der Waals surface area contributed by atoms with Crippen molar-refractivity contribution in [3.8, 4) is 17.0 Å². The molecule has 1 aliphatic rings. The number of nitrogens with two attached hydrogens (primary N) is 2. The van der Waals surface area contributed by atoms with Crippen LogP contribution in [0.15, 0.2) is 37.1 Å². The van der Waals surface area contributed by atoms with Gasteiger partial charge in [-0.3, -0.25) is 4.98 Å². The van der Waals surface area contributed by atoms with Crippen molar-refractivity contribution in [2.75, 3.05) is 30.8 Å². The maximum atomic E-state index is 14.9. The third-order valence-corrected chi connectivity index (χ3v) is 6.98. The van der Waals surface area contributed by atoms with E-state index in [-0.39, 0.29) is 42.3 Å². The second-order valence-electron chi connectivity index (χ2n) is 9.51. The minimum Gasteiger partial charge on any atom is -0.494 e. The second kappa shape index (κ2) is 10.3. The summed E-state index contributed by atoms with van der Waals surface area (Å²) < 4.78 is 62.7. The van der Waals surface area contributed by atoms with E-state index in [1.807, 2.05) is 0 Å². The van der Waals surface area contributed by atoms with E-state index < -0.39 is 29.7 Å². The van der Waals surface area contributed by atoms with Gasteiger partial charge in [0.05, 0.1) is 43.1 Å². The molecule has 4 aromatic rings. The molecule has 5 rings (SSSR count). The molecular weight excluding hydrogens is 520 g/mol. The van der Waals surface area contributed by atoms with Crippen LogP contribution in [0.5, 0.6) is 5.75 Å². The molecule has 0 unspecified atom stereocenters. The summed E-state index contributed by atoms with van der Waals surface area (Å²) >= 11 is 0. The smallest absolute Gasteiger partial charge is 0.265 e. The summed E-state index contributed by atoms with van der Waals surface area (Å²) in [6, 6.07) is 3.50. The second-order valence-corrected chi connectivity index (χ2v) is 9.51. The normalized spacial score (nSPS) is 18.6. The average molecular weight is 547 g/mol. The highest BCUT2D eigenvalue weighted by molar-refractivity contribution is 5.81. The first-order chi connectivity index (χ1) is 18.6. The molecule has 39 heavy (non-hydrogen) atoms. The lowest BCUT2D eigenvalue weighted by Crippen LogP contribution is -2.63. The van der Waals surface area contributed by atoms with Crippen LogP contribution < -0.4 is 21.1 Å². The summed E-state index contributed by atoms with van der Waals surface area (Å²) in [5.41, 5.74) is 12.6. The van der Waals surface area contributed by atoms with Gasteiger partial charge >= 0.3 is 0 Å². The van der Waals surface area contributed by atoms with Gasteiger partial charge < -0.3 is 30.8 Å². The Labute approximate surface area is 220 Å². The minimum atomic E-state index is -3.01. The molecule has 2 atom stereocenters. The number of pyridine rings is 1. The van der Waals surface area contributed by atoms with Gasteiger partial charge in [-0.1, -0.05) is 0 Å². The Morgan fingerprint density at radius 3 is 2.67 bits per heavy atom. The van der Waals surface area contributed by atoms with Crippen molar-refractivity contribution in [2.24, 2.45) is 5.73 Å². The van der Waals surface area contributed by atoms with Gasteiger partial charge in [-0.2, -0.15) is 0 Å². The fourth-order valence-corrected chi connectivity index (χ4v) is 4.94. The zero-order chi connectivity index (χ0) is 27.9. The van der Waals surface area contributed by atoms with Gasteiger partial charge in [0.2, 0.25) is 0 Å². The Bertz CT molecular complexity index is 1520. The van der Waals surface area contributed by atoms with Gasteiger partial charge in [0.15, 0.2) is 23.0 Å². The van der Waals surface area contributed by atoms with Gasteiger partial charge in [0.1, 0.15) is 23.8 Å². The summed E-state index contributed by atoms with van der Waals surface area (Å²) in [5, 5.41) is 10.1. The number of nitrogen functional groups attached to an aromatic ring is 1. The number of halogens is 4. The molecule has 0 amide bonds. The lowest BCUT2D eigenvalue weighted by atomic mass is 9.84. The first kappa shape index (κ1) is 26.6. The van der Waals surface area contributed by atoms with Crippen LogP contribution in [-0.2, 0) is 6.54 Å². The third-order valence-electron chi connectivity index (χ3n) is 6.98. The van der Waals surface area contributed by atoms with E-state index in [2.05, 4.69) is 19.9 Å². The molecule has 206 valence electrons. The molecule has 0 bridgehead atoms. The molecule has 0 radical (unpaired) electrons. The number of aliphatic hydroxyl groups is 1. The highest BCUT2D eigenvalue weighted by Crippen LogP contribution is 2.34. The van der Waals surface area contributed by atoms with E-state index in [9.17, 15) is 22.7 Å². The largest absolute Gasteiger partial charge is 0.494 e. The minimum absolute atomic E-state index is 0.0716. The van der Waals surface area contributed by atoms with Crippen LogP contribution >= 0.6 is 0 Å². The number of aliphatic hydroxyl groups excluding tert-OH is 1. The fourth-order valence-electron chi connectivity index (χ4n) is 4.94. The standard InChI is InChI=1S/C25H26F4N8O2/c1-39-19-7-15(26)14(6-16(19)27)17-5-13(9-37-12-35-20-23(30)33-11-34-24(20)37)18(8-32-17)36-4-2-3-25(31,10-36)21(38)22(28)29/h5-8,11-12,21-22,38H,2-4,9-10,31H2,1H3,(H2,30,33,34)/t21-,25+/m0/s1. The Balaban J connectivity index is 1.60. The first-order valence-corrected chi connectivity index (χ1v) is 12.0. The summed E-state index contributed by atoms with van der Waals surface area (Å²) in [5.74, 6) is -1.57. The number of piperidine rings is 1. The highest BCUT2D eigenvalue weighted by atomic mass is 19.3. The number of rotatable bonds is 7. The van der Waals surface area contributed by atoms with E-state index in [1.54, 1.807) is 15.5 Å². The average Bonchev–Trinajstić information content (AvgIpc) is 3.33. The van der Waals surface area contributed by atoms with E-state index in [0.717, 1.165) is 12.1 Å². The van der Waals surface area contributed by atoms with E-state index in [4.69, 9.17) is 16.2 Å². The van der Waals surface area contributed by atoms with Crippen molar-refractivity contribution >= 4 is 22.7 Å². The van der Waals surface area contributed by atoms with Crippen LogP contribution in [0.25, 0.3) is 22.4 Å². The Morgan fingerprint density at radius 2 is 1.92 bits per heavy atom. The van der Waals surface area contributed by atoms with E-state index >= 15 is 0 Å². The molecule has 3 aromatic heterocycles. The van der Waals surface area contributed by atoms with Crippen LogP contribution in [0.1, 0.15) is 18.4 Å². The summed E-state index contributed by atoms with van der Waals surface area (Å²) in [4.78, 5) is 18.6. The Morgan fingerprint density at radius 1 is 1.13 bits per heavy atom. The molecule has 0 aliphatic carbocycles. The molecule has 1 saturated heterocycles. The first-order valence-electron chi connectivity index (χ1n) is 12.0. The van der Waals surface area contributed by atoms with Crippen molar-refractivity contribution in [3.05, 3.63) is 54.2 Å². The lowest BCUT2D eigenvalue weighted by molar-refractivity contribution is -0.0529. The van der Waals surface area contributed by atoms with Gasteiger partial charge in [-0.05, 0) is 30.5 Å². The number of methoxy groups -OCH3 is 1. The van der Waals surface area contributed by atoms with Crippen LogP contribution in [0.4, 0.5) is 29.1 Å². The summed E-state index contributed by atoms with van der Waals surface area (Å²) in [7, 11) is 1.23. The number of hydrogen-bond acceptors (Lipinski definition) is 9. The monoisotopic (exact) mass is 546 g/mol. The van der Waals surface area contributed by atoms with Gasteiger partial charge in [0, 0.05) is 24.7 Å². The molecule has 0 spiro atoms. The van der Waals surface area contributed by atoms with Crippen LogP contribution in [0.3, 0.4) is 0 Å². The zero-order valence-electron chi connectivity index (χ0n) is 20.9. The number of hydrogen-bond donors (Lipinski definition) is 3. The highest BCUT2D eigenvalue weighted by Gasteiger charge is 2.43. The maximum absolute atomic E-state index is 14.9. The van der Waals surface area contributed by atoms with Gasteiger partial charge in [-0.25, -0.2) is 32.5 Å². The van der Waals surface area contributed by atoms with E-state index in [0.29, 0.717) is 35.4 Å². The molecule has 1 aromatic carbocycles. The number of aromatic nitrogens is 5. The molecule has 10 nitrogen and oxygen atoms in total. The number of benzene rings is 1. The van der Waals surface area contributed by atoms with Gasteiger partial charge in [-0.15, -0.1) is 0 Å². The lowest BCUT2D eigenvalue weighted by Gasteiger charge is -2.44. The molecule has 1 fully saturated rings. The maximum Gasteiger partial charge on any atom is 0.265 e. The molecule has 5 N–H and O–H groups in total. The van der Waals surface area contributed by atoms with Gasteiger partial charge in [0.25, 0.3) is 6.43 Å². The van der Waals surface area contributed by atoms with Crippen molar-refractivity contribution in [1.82, 2.24) is 24.5 Å². The topological polar surface area (TPSA) is 141 Å². The molecular formula is C25H26F4N8O2. The quantitative estimate of drug-likeness (QED) is 0.298. The number of anilines is 2. The zero-order valence-corrected chi connectivity index (χ0v) is 20.9. The Kier molecular flexibility index (Phi) is 6.99. The summed E-state index contributed by atoms with van der Waals surface area (Å²) in [6.07, 6.45) is -0.128. The van der Waals surface area contributed by atoms with Crippen LogP contribution in [-0.4, -0.2) is 67.9 Å².